The molecule has 0 amide bonds. The van der Waals surface area contributed by atoms with Gasteiger partial charge in [-0.1, -0.05) is 6.58 Å². The molecule has 9 heavy (non-hydrogen) atoms. The van der Waals surface area contributed by atoms with Gasteiger partial charge in [0.1, 0.15) is 5.84 Å². The number of amidine groups is 1. The standard InChI is InChI=1S/C7H12N2/c1-6(2)5-9-7(3)8-4/h5H,1H2,2-4H3/b8-7-,9-5-. The first-order valence-corrected chi connectivity index (χ1v) is 2.79. The predicted octanol–water partition coefficient (Wildman–Crippen LogP) is 1.68. The maximum absolute atomic E-state index is 3.97. The van der Waals surface area contributed by atoms with Crippen molar-refractivity contribution in [3.8, 4) is 0 Å². The number of aliphatic imine (C=N–C) groups is 2. The number of hydrogen-bond acceptors (Lipinski definition) is 1. The van der Waals surface area contributed by atoms with Gasteiger partial charge < -0.3 is 0 Å². The van der Waals surface area contributed by atoms with Crippen molar-refractivity contribution in [2.24, 2.45) is 9.98 Å². The minimum absolute atomic E-state index is 0.776. The van der Waals surface area contributed by atoms with Gasteiger partial charge in [0.15, 0.2) is 0 Å². The third-order valence-electron chi connectivity index (χ3n) is 0.795. The van der Waals surface area contributed by atoms with Crippen molar-refractivity contribution in [1.82, 2.24) is 0 Å². The summed E-state index contributed by atoms with van der Waals surface area (Å²) < 4.78 is 0. The summed E-state index contributed by atoms with van der Waals surface area (Å²) in [5.41, 5.74) is 0.943. The molecule has 0 saturated heterocycles. The van der Waals surface area contributed by atoms with E-state index in [1.165, 1.54) is 0 Å². The average Bonchev–Trinajstić information content (AvgIpc) is 1.83. The molecular formula is C7H12N2. The van der Waals surface area contributed by atoms with Crippen LogP contribution in [0, 0.1) is 0 Å². The fourth-order valence-corrected chi connectivity index (χ4v) is 0.261. The Labute approximate surface area is 56.0 Å². The van der Waals surface area contributed by atoms with Gasteiger partial charge in [-0.05, 0) is 19.4 Å². The maximum atomic E-state index is 3.97. The van der Waals surface area contributed by atoms with E-state index in [1.807, 2.05) is 13.8 Å². The van der Waals surface area contributed by atoms with E-state index < -0.39 is 0 Å². The molecule has 0 atom stereocenters. The normalized spacial score (nSPS) is 12.6. The van der Waals surface area contributed by atoms with Gasteiger partial charge in [0.2, 0.25) is 0 Å². The van der Waals surface area contributed by atoms with E-state index in [1.54, 1.807) is 13.3 Å². The van der Waals surface area contributed by atoms with Crippen LogP contribution in [0.1, 0.15) is 13.8 Å². The highest BCUT2D eigenvalue weighted by molar-refractivity contribution is 5.92. The first-order chi connectivity index (χ1) is 4.16. The van der Waals surface area contributed by atoms with Gasteiger partial charge in [-0.15, -0.1) is 0 Å². The van der Waals surface area contributed by atoms with E-state index in [9.17, 15) is 0 Å². The molecular weight excluding hydrogens is 112 g/mol. The fourth-order valence-electron chi connectivity index (χ4n) is 0.261. The Balaban J connectivity index is 3.86. The summed E-state index contributed by atoms with van der Waals surface area (Å²) in [6.07, 6.45) is 1.70. The Morgan fingerprint density at radius 1 is 1.44 bits per heavy atom. The summed E-state index contributed by atoms with van der Waals surface area (Å²) in [6.45, 7) is 7.40. The first-order valence-electron chi connectivity index (χ1n) is 2.79. The molecule has 0 aromatic heterocycles. The van der Waals surface area contributed by atoms with Crippen molar-refractivity contribution in [3.05, 3.63) is 12.2 Å². The summed E-state index contributed by atoms with van der Waals surface area (Å²) in [5.74, 6) is 0.776. The van der Waals surface area contributed by atoms with Crippen LogP contribution < -0.4 is 0 Å². The molecule has 2 nitrogen and oxygen atoms in total. The van der Waals surface area contributed by atoms with E-state index in [2.05, 4.69) is 16.6 Å². The van der Waals surface area contributed by atoms with Crippen molar-refractivity contribution in [2.75, 3.05) is 7.05 Å². The van der Waals surface area contributed by atoms with Gasteiger partial charge in [-0.3, -0.25) is 4.99 Å². The molecule has 0 fully saturated rings. The summed E-state index contributed by atoms with van der Waals surface area (Å²) in [7, 11) is 1.71. The van der Waals surface area contributed by atoms with E-state index in [0.717, 1.165) is 11.4 Å². The Hall–Kier alpha value is -0.920. The molecule has 0 radical (unpaired) electrons. The molecule has 50 valence electrons. The van der Waals surface area contributed by atoms with Gasteiger partial charge in [0.05, 0.1) is 0 Å². The molecule has 0 aliphatic rings. The maximum Gasteiger partial charge on any atom is 0.119 e. The second-order valence-corrected chi connectivity index (χ2v) is 1.88. The van der Waals surface area contributed by atoms with Crippen LogP contribution in [0.2, 0.25) is 0 Å². The monoisotopic (exact) mass is 124 g/mol. The van der Waals surface area contributed by atoms with Crippen molar-refractivity contribution in [2.45, 2.75) is 13.8 Å². The first kappa shape index (κ1) is 8.08. The molecule has 0 rings (SSSR count). The van der Waals surface area contributed by atoms with Crippen LogP contribution in [-0.2, 0) is 0 Å². The molecule has 0 bridgehead atoms. The second-order valence-electron chi connectivity index (χ2n) is 1.88. The van der Waals surface area contributed by atoms with Crippen molar-refractivity contribution in [1.29, 1.82) is 0 Å². The molecule has 0 N–H and O–H groups in total. The summed E-state index contributed by atoms with van der Waals surface area (Å²) in [5, 5.41) is 0. The zero-order valence-corrected chi connectivity index (χ0v) is 6.18. The predicted molar refractivity (Wildman–Crippen MR) is 42.3 cm³/mol. The molecule has 2 heteroatoms. The quantitative estimate of drug-likeness (QED) is 0.375. The second kappa shape index (κ2) is 4.01. The highest BCUT2D eigenvalue weighted by atomic mass is 14.9. The smallest absolute Gasteiger partial charge is 0.119 e. The Morgan fingerprint density at radius 3 is 2.33 bits per heavy atom. The lowest BCUT2D eigenvalue weighted by Crippen LogP contribution is -1.85. The lowest BCUT2D eigenvalue weighted by molar-refractivity contribution is 1.38. The highest BCUT2D eigenvalue weighted by Gasteiger charge is 1.78. The Bertz CT molecular complexity index is 154. The Morgan fingerprint density at radius 2 is 2.00 bits per heavy atom. The highest BCUT2D eigenvalue weighted by Crippen LogP contribution is 1.81. The molecule has 0 heterocycles. The lowest BCUT2D eigenvalue weighted by Gasteiger charge is -1.86. The Kier molecular flexibility index (Phi) is 3.60. The zero-order valence-electron chi connectivity index (χ0n) is 6.18. The number of nitrogens with zero attached hydrogens (tertiary/aromatic N) is 2. The molecule has 0 aromatic carbocycles. The molecule has 0 aliphatic heterocycles. The fraction of sp³-hybridized carbons (Fsp3) is 0.429. The summed E-state index contributed by atoms with van der Waals surface area (Å²) >= 11 is 0. The van der Waals surface area contributed by atoms with Crippen molar-refractivity contribution >= 4 is 12.1 Å². The topological polar surface area (TPSA) is 24.7 Å². The molecule has 0 spiro atoms. The van der Waals surface area contributed by atoms with Crippen LogP contribution in [-0.4, -0.2) is 19.1 Å². The minimum atomic E-state index is 0.776. The minimum Gasteiger partial charge on any atom is -0.274 e. The molecule has 0 unspecified atom stereocenters. The molecule has 0 aliphatic carbocycles. The van der Waals surface area contributed by atoms with Crippen molar-refractivity contribution < 1.29 is 0 Å². The van der Waals surface area contributed by atoms with E-state index in [0.29, 0.717) is 0 Å². The van der Waals surface area contributed by atoms with Crippen LogP contribution in [0.25, 0.3) is 0 Å². The van der Waals surface area contributed by atoms with Gasteiger partial charge in [-0.25, -0.2) is 4.99 Å². The summed E-state index contributed by atoms with van der Waals surface area (Å²) in [4.78, 5) is 7.81. The molecule has 0 aromatic rings. The van der Waals surface area contributed by atoms with Gasteiger partial charge >= 0.3 is 0 Å². The third-order valence-corrected chi connectivity index (χ3v) is 0.795. The van der Waals surface area contributed by atoms with Crippen LogP contribution in [0.5, 0.6) is 0 Å². The zero-order chi connectivity index (χ0) is 7.28. The van der Waals surface area contributed by atoms with Crippen LogP contribution in [0.3, 0.4) is 0 Å². The van der Waals surface area contributed by atoms with Gasteiger partial charge in [0.25, 0.3) is 0 Å². The van der Waals surface area contributed by atoms with E-state index in [4.69, 9.17) is 0 Å². The SMILES string of the molecule is C=C(C)/C=N\C(C)=N/C. The largest absolute Gasteiger partial charge is 0.274 e. The lowest BCUT2D eigenvalue weighted by atomic mass is 10.4. The van der Waals surface area contributed by atoms with Crippen LogP contribution in [0.4, 0.5) is 0 Å². The average molecular weight is 124 g/mol. The summed E-state index contributed by atoms with van der Waals surface area (Å²) in [6, 6.07) is 0. The number of allylic oxidation sites excluding steroid dienone is 1. The van der Waals surface area contributed by atoms with Crippen molar-refractivity contribution in [3.63, 3.8) is 0 Å². The van der Waals surface area contributed by atoms with Gasteiger partial charge in [-0.2, -0.15) is 0 Å². The molecule has 0 saturated carbocycles. The number of rotatable bonds is 1. The van der Waals surface area contributed by atoms with Gasteiger partial charge in [0, 0.05) is 13.3 Å². The van der Waals surface area contributed by atoms with Crippen LogP contribution >= 0.6 is 0 Å². The van der Waals surface area contributed by atoms with E-state index >= 15 is 0 Å². The van der Waals surface area contributed by atoms with Crippen LogP contribution in [0.15, 0.2) is 22.1 Å². The van der Waals surface area contributed by atoms with E-state index in [-0.39, 0.29) is 0 Å². The third kappa shape index (κ3) is 4.94. The number of hydrogen-bond donors (Lipinski definition) is 0.